The van der Waals surface area contributed by atoms with Crippen molar-refractivity contribution < 1.29 is 18.0 Å². The van der Waals surface area contributed by atoms with Crippen molar-refractivity contribution >= 4 is 21.8 Å². The number of sulfonamides is 1. The summed E-state index contributed by atoms with van der Waals surface area (Å²) in [5.74, 6) is -0.154. The second-order valence-corrected chi connectivity index (χ2v) is 12.4. The fourth-order valence-corrected chi connectivity index (χ4v) is 7.50. The molecule has 1 saturated heterocycles. The molecule has 0 radical (unpaired) electrons. The summed E-state index contributed by atoms with van der Waals surface area (Å²) in [6.07, 6.45) is 8.48. The van der Waals surface area contributed by atoms with Crippen molar-refractivity contribution in [3.05, 3.63) is 35.9 Å². The van der Waals surface area contributed by atoms with Gasteiger partial charge in [0, 0.05) is 31.6 Å². The van der Waals surface area contributed by atoms with E-state index in [1.165, 1.54) is 22.0 Å². The van der Waals surface area contributed by atoms with Crippen molar-refractivity contribution in [2.24, 2.45) is 11.7 Å². The van der Waals surface area contributed by atoms with E-state index in [2.05, 4.69) is 5.32 Å². The maximum atomic E-state index is 13.6. The first-order valence-corrected chi connectivity index (χ1v) is 14.8. The van der Waals surface area contributed by atoms with E-state index < -0.39 is 22.1 Å². The van der Waals surface area contributed by atoms with Crippen LogP contribution in [0.25, 0.3) is 0 Å². The lowest BCUT2D eigenvalue weighted by atomic mass is 9.92. The average Bonchev–Trinajstić information content (AvgIpc) is 3.37. The van der Waals surface area contributed by atoms with Gasteiger partial charge < -0.3 is 16.0 Å². The highest BCUT2D eigenvalue weighted by atomic mass is 32.2. The minimum Gasteiger partial charge on any atom is -0.350 e. The summed E-state index contributed by atoms with van der Waals surface area (Å²) in [5, 5.41) is 3.06. The highest BCUT2D eigenvalue weighted by Gasteiger charge is 2.44. The van der Waals surface area contributed by atoms with E-state index in [1.54, 1.807) is 24.3 Å². The molecule has 2 saturated carbocycles. The molecule has 0 bridgehead atoms. The number of nitrogens with one attached hydrogen (secondary N) is 1. The zero-order valence-electron chi connectivity index (χ0n) is 20.6. The van der Waals surface area contributed by atoms with Crippen LogP contribution in [0.4, 0.5) is 0 Å². The van der Waals surface area contributed by atoms with Crippen LogP contribution in [0.2, 0.25) is 0 Å². The van der Waals surface area contributed by atoms with E-state index in [0.29, 0.717) is 30.9 Å². The van der Waals surface area contributed by atoms with Gasteiger partial charge in [0.25, 0.3) is 5.91 Å². The Kier molecular flexibility index (Phi) is 8.83. The number of amides is 2. The molecule has 1 unspecified atom stereocenters. The van der Waals surface area contributed by atoms with Crippen LogP contribution >= 0.6 is 0 Å². The third-order valence-electron chi connectivity index (χ3n) is 7.81. The number of nitrogens with two attached hydrogens (primary N) is 1. The predicted octanol–water partition coefficient (Wildman–Crippen LogP) is 2.73. The summed E-state index contributed by atoms with van der Waals surface area (Å²) in [4.78, 5) is 28.5. The summed E-state index contributed by atoms with van der Waals surface area (Å²) >= 11 is 0. The van der Waals surface area contributed by atoms with Crippen molar-refractivity contribution in [3.8, 4) is 0 Å². The number of carbonyl (C=O) groups excluding carboxylic acids is 2. The number of nitrogens with zero attached hydrogens (tertiary/aromatic N) is 2. The summed E-state index contributed by atoms with van der Waals surface area (Å²) in [6, 6.07) is 9.09. The molecule has 1 heterocycles. The van der Waals surface area contributed by atoms with E-state index in [9.17, 15) is 18.0 Å². The van der Waals surface area contributed by atoms with Gasteiger partial charge in [0.1, 0.15) is 0 Å². The lowest BCUT2D eigenvalue weighted by Crippen LogP contribution is -2.64. The van der Waals surface area contributed by atoms with Gasteiger partial charge in [0.2, 0.25) is 15.9 Å². The highest BCUT2D eigenvalue weighted by molar-refractivity contribution is 7.88. The zero-order valence-corrected chi connectivity index (χ0v) is 21.4. The van der Waals surface area contributed by atoms with Crippen LogP contribution in [-0.4, -0.2) is 60.8 Å². The van der Waals surface area contributed by atoms with Crippen LogP contribution in [0.5, 0.6) is 0 Å². The van der Waals surface area contributed by atoms with Crippen LogP contribution in [0, 0.1) is 5.92 Å². The topological polar surface area (TPSA) is 113 Å². The largest absolute Gasteiger partial charge is 0.350 e. The van der Waals surface area contributed by atoms with Gasteiger partial charge >= 0.3 is 0 Å². The van der Waals surface area contributed by atoms with E-state index >= 15 is 0 Å². The molecule has 0 aromatic heterocycles. The van der Waals surface area contributed by atoms with Gasteiger partial charge in [0.05, 0.1) is 5.75 Å². The fourth-order valence-electron chi connectivity index (χ4n) is 5.80. The average molecular weight is 505 g/mol. The predicted molar refractivity (Wildman–Crippen MR) is 135 cm³/mol. The molecule has 3 N–H and O–H groups in total. The van der Waals surface area contributed by atoms with E-state index in [-0.39, 0.29) is 30.3 Å². The van der Waals surface area contributed by atoms with Gasteiger partial charge in [-0.3, -0.25) is 9.59 Å². The van der Waals surface area contributed by atoms with Crippen LogP contribution in [-0.2, 0) is 25.4 Å². The van der Waals surface area contributed by atoms with Crippen molar-refractivity contribution in [2.75, 3.05) is 13.1 Å². The molecule has 194 valence electrons. The summed E-state index contributed by atoms with van der Waals surface area (Å²) in [6.45, 7) is 0.629. The Morgan fingerprint density at radius 2 is 1.63 bits per heavy atom. The molecule has 8 nitrogen and oxygen atoms in total. The Morgan fingerprint density at radius 1 is 0.943 bits per heavy atom. The fraction of sp³-hybridized carbons (Fsp3) is 0.692. The molecule has 4 rings (SSSR count). The first kappa shape index (κ1) is 26.1. The van der Waals surface area contributed by atoms with E-state index in [0.717, 1.165) is 44.9 Å². The lowest BCUT2D eigenvalue weighted by Gasteiger charge is -2.42. The van der Waals surface area contributed by atoms with Crippen LogP contribution in [0.1, 0.15) is 76.2 Å². The Bertz CT molecular complexity index is 957. The molecule has 2 amide bonds. The zero-order chi connectivity index (χ0) is 24.8. The van der Waals surface area contributed by atoms with Crippen LogP contribution < -0.4 is 11.1 Å². The molecular weight excluding hydrogens is 464 g/mol. The van der Waals surface area contributed by atoms with E-state index in [1.807, 2.05) is 6.07 Å². The summed E-state index contributed by atoms with van der Waals surface area (Å²) < 4.78 is 28.3. The Morgan fingerprint density at radius 3 is 2.31 bits per heavy atom. The van der Waals surface area contributed by atoms with Gasteiger partial charge in [-0.05, 0) is 50.0 Å². The first-order chi connectivity index (χ1) is 16.8. The highest BCUT2D eigenvalue weighted by Crippen LogP contribution is 2.30. The molecule has 3 aliphatic rings. The minimum absolute atomic E-state index is 0.0432. The normalized spacial score (nSPS) is 26.5. The molecule has 9 heteroatoms. The molecule has 2 aliphatic carbocycles. The molecule has 3 fully saturated rings. The van der Waals surface area contributed by atoms with Crippen molar-refractivity contribution in [1.82, 2.24) is 14.5 Å². The molecule has 1 aliphatic heterocycles. The Balaban J connectivity index is 1.53. The third-order valence-corrected chi connectivity index (χ3v) is 9.60. The molecular formula is C26H40N4O4S. The number of hydrogen-bond acceptors (Lipinski definition) is 5. The van der Waals surface area contributed by atoms with Gasteiger partial charge in [-0.2, -0.15) is 4.31 Å². The molecule has 35 heavy (non-hydrogen) atoms. The number of rotatable bonds is 8. The second kappa shape index (κ2) is 11.8. The van der Waals surface area contributed by atoms with Gasteiger partial charge in [-0.25, -0.2) is 8.42 Å². The SMILES string of the molecule is NC1CCC(NC(=O)C2N(C(=O)CCC3CCCC3)CCCN2S(=O)(=O)Cc2ccccc2)CC1. The number of carbonyl (C=O) groups is 2. The van der Waals surface area contributed by atoms with Crippen LogP contribution in [0.3, 0.4) is 0 Å². The smallest absolute Gasteiger partial charge is 0.259 e. The standard InChI is InChI=1S/C26H40N4O4S/c27-22-12-14-23(15-13-22)28-25(32)26-29(24(31)16-11-20-7-4-5-8-20)17-6-18-30(26)35(33,34)19-21-9-2-1-3-10-21/h1-3,9-10,20,22-23,26H,4-8,11-19,27H2,(H,28,32). The number of hydrogen-bond donors (Lipinski definition) is 2. The van der Waals surface area contributed by atoms with Gasteiger partial charge in [0.15, 0.2) is 6.17 Å². The number of benzene rings is 1. The lowest BCUT2D eigenvalue weighted by molar-refractivity contribution is -0.148. The molecule has 0 spiro atoms. The van der Waals surface area contributed by atoms with Crippen molar-refractivity contribution in [1.29, 1.82) is 0 Å². The maximum Gasteiger partial charge on any atom is 0.259 e. The minimum atomic E-state index is -3.82. The maximum absolute atomic E-state index is 13.6. The van der Waals surface area contributed by atoms with Crippen molar-refractivity contribution in [3.63, 3.8) is 0 Å². The second-order valence-electron chi connectivity index (χ2n) is 10.5. The third kappa shape index (κ3) is 6.83. The van der Waals surface area contributed by atoms with E-state index in [4.69, 9.17) is 5.73 Å². The first-order valence-electron chi connectivity index (χ1n) is 13.2. The molecule has 1 aromatic rings. The quantitative estimate of drug-likeness (QED) is 0.565. The summed E-state index contributed by atoms with van der Waals surface area (Å²) in [5.41, 5.74) is 6.68. The van der Waals surface area contributed by atoms with Crippen molar-refractivity contribution in [2.45, 2.75) is 94.6 Å². The van der Waals surface area contributed by atoms with Crippen LogP contribution in [0.15, 0.2) is 30.3 Å². The summed E-state index contributed by atoms with van der Waals surface area (Å²) in [7, 11) is -3.82. The Hall–Kier alpha value is -1.97. The van der Waals surface area contributed by atoms with Gasteiger partial charge in [-0.15, -0.1) is 0 Å². The Labute approximate surface area is 209 Å². The molecule has 1 aromatic carbocycles. The monoisotopic (exact) mass is 504 g/mol. The molecule has 1 atom stereocenters. The van der Waals surface area contributed by atoms with Gasteiger partial charge in [-0.1, -0.05) is 56.0 Å².